The number of hydrogen-bond acceptors (Lipinski definition) is 3. The van der Waals surface area contributed by atoms with E-state index in [0.717, 1.165) is 25.2 Å². The lowest BCUT2D eigenvalue weighted by molar-refractivity contribution is 0.364. The second-order valence-electron chi connectivity index (χ2n) is 5.52. The van der Waals surface area contributed by atoms with Crippen LogP contribution < -0.4 is 10.9 Å². The van der Waals surface area contributed by atoms with Crippen LogP contribution in [-0.2, 0) is 6.54 Å². The molecule has 0 radical (unpaired) electrons. The summed E-state index contributed by atoms with van der Waals surface area (Å²) in [6.45, 7) is 2.02. The fraction of sp³-hybridized carbons (Fsp3) is 0.158. The normalized spacial score (nSPS) is 15.7. The number of allylic oxidation sites excluding steroid dienone is 1. The van der Waals surface area contributed by atoms with Crippen molar-refractivity contribution in [2.75, 3.05) is 12.0 Å². The maximum absolute atomic E-state index is 3.19. The van der Waals surface area contributed by atoms with Gasteiger partial charge in [0, 0.05) is 22.9 Å². The first kappa shape index (κ1) is 15.9. The van der Waals surface area contributed by atoms with Crippen molar-refractivity contribution >= 4 is 28.3 Å². The SMILES string of the molecule is Ic1ccc(NNC=C2C=CN(Cc3ccccc3)CC2)cc1. The minimum absolute atomic E-state index is 0.971. The Labute approximate surface area is 151 Å². The smallest absolute Gasteiger partial charge is 0.0540 e. The molecule has 3 rings (SSSR count). The number of hydrazine groups is 1. The molecule has 0 atom stereocenters. The van der Waals surface area contributed by atoms with E-state index >= 15 is 0 Å². The van der Waals surface area contributed by atoms with E-state index in [1.54, 1.807) is 0 Å². The van der Waals surface area contributed by atoms with Crippen LogP contribution in [0.15, 0.2) is 78.6 Å². The molecule has 0 saturated heterocycles. The third-order valence-corrected chi connectivity index (χ3v) is 4.45. The predicted molar refractivity (Wildman–Crippen MR) is 105 cm³/mol. The molecule has 0 bridgehead atoms. The number of rotatable bonds is 5. The first-order valence-corrected chi connectivity index (χ1v) is 8.80. The van der Waals surface area contributed by atoms with Gasteiger partial charge in [0.05, 0.1) is 5.69 Å². The van der Waals surface area contributed by atoms with E-state index in [9.17, 15) is 0 Å². The first-order valence-electron chi connectivity index (χ1n) is 7.72. The van der Waals surface area contributed by atoms with Gasteiger partial charge < -0.3 is 15.8 Å². The molecule has 3 nitrogen and oxygen atoms in total. The molecule has 118 valence electrons. The number of benzene rings is 2. The zero-order chi connectivity index (χ0) is 15.9. The molecule has 0 aromatic heterocycles. The van der Waals surface area contributed by atoms with Gasteiger partial charge in [0.15, 0.2) is 0 Å². The zero-order valence-corrected chi connectivity index (χ0v) is 15.0. The Hall–Kier alpha value is -1.95. The van der Waals surface area contributed by atoms with E-state index in [0.29, 0.717) is 0 Å². The third kappa shape index (κ3) is 5.03. The molecule has 1 heterocycles. The molecule has 0 amide bonds. The highest BCUT2D eigenvalue weighted by Crippen LogP contribution is 2.15. The van der Waals surface area contributed by atoms with Crippen LogP contribution in [0, 0.1) is 3.57 Å². The molecule has 23 heavy (non-hydrogen) atoms. The van der Waals surface area contributed by atoms with E-state index in [1.165, 1.54) is 14.7 Å². The summed E-state index contributed by atoms with van der Waals surface area (Å²) < 4.78 is 1.24. The van der Waals surface area contributed by atoms with Crippen LogP contribution in [0.4, 0.5) is 5.69 Å². The topological polar surface area (TPSA) is 27.3 Å². The van der Waals surface area contributed by atoms with Crippen molar-refractivity contribution in [2.45, 2.75) is 13.0 Å². The summed E-state index contributed by atoms with van der Waals surface area (Å²) in [5.41, 5.74) is 10.1. The third-order valence-electron chi connectivity index (χ3n) is 3.73. The van der Waals surface area contributed by atoms with Crippen molar-refractivity contribution in [3.05, 3.63) is 87.8 Å². The van der Waals surface area contributed by atoms with Gasteiger partial charge in [-0.1, -0.05) is 30.3 Å². The second kappa shape index (κ2) is 8.06. The molecule has 2 aromatic carbocycles. The summed E-state index contributed by atoms with van der Waals surface area (Å²) in [6, 6.07) is 18.9. The maximum atomic E-state index is 3.19. The molecule has 0 unspecified atom stereocenters. The van der Waals surface area contributed by atoms with Crippen LogP contribution in [0.5, 0.6) is 0 Å². The molecular formula is C19H20IN3. The highest BCUT2D eigenvalue weighted by Gasteiger charge is 2.07. The van der Waals surface area contributed by atoms with Crippen molar-refractivity contribution in [3.63, 3.8) is 0 Å². The largest absolute Gasteiger partial charge is 0.373 e. The molecule has 0 spiro atoms. The number of nitrogens with zero attached hydrogens (tertiary/aromatic N) is 1. The summed E-state index contributed by atoms with van der Waals surface area (Å²) in [7, 11) is 0. The molecule has 2 N–H and O–H groups in total. The Morgan fingerprint density at radius 2 is 1.83 bits per heavy atom. The molecule has 2 aromatic rings. The lowest BCUT2D eigenvalue weighted by atomic mass is 10.1. The van der Waals surface area contributed by atoms with Gasteiger partial charge >= 0.3 is 0 Å². The second-order valence-corrected chi connectivity index (χ2v) is 6.76. The predicted octanol–water partition coefficient (Wildman–Crippen LogP) is 4.51. The Kier molecular flexibility index (Phi) is 5.58. The van der Waals surface area contributed by atoms with E-state index in [2.05, 4.69) is 105 Å². The Morgan fingerprint density at radius 3 is 2.52 bits per heavy atom. The summed E-state index contributed by atoms with van der Waals surface area (Å²) in [6.07, 6.45) is 7.43. The van der Waals surface area contributed by atoms with Gasteiger partial charge in [0.2, 0.25) is 0 Å². The highest BCUT2D eigenvalue weighted by atomic mass is 127. The summed E-state index contributed by atoms with van der Waals surface area (Å²) in [5, 5.41) is 0. The Morgan fingerprint density at radius 1 is 1.04 bits per heavy atom. The first-order chi connectivity index (χ1) is 11.3. The van der Waals surface area contributed by atoms with Crippen molar-refractivity contribution < 1.29 is 0 Å². The van der Waals surface area contributed by atoms with E-state index in [1.807, 2.05) is 6.20 Å². The van der Waals surface area contributed by atoms with Crippen molar-refractivity contribution in [1.29, 1.82) is 0 Å². The monoisotopic (exact) mass is 417 g/mol. The summed E-state index contributed by atoms with van der Waals surface area (Å²) >= 11 is 2.31. The standard InChI is InChI=1S/C19H20IN3/c20-18-6-8-19(9-7-18)22-21-14-16-10-12-23(13-11-16)15-17-4-2-1-3-5-17/h1-10,12,14,21-22H,11,13,15H2. The minimum Gasteiger partial charge on any atom is -0.373 e. The molecular weight excluding hydrogens is 397 g/mol. The Bertz CT molecular complexity index is 678. The number of hydrogen-bond donors (Lipinski definition) is 2. The van der Waals surface area contributed by atoms with E-state index in [-0.39, 0.29) is 0 Å². The number of nitrogens with one attached hydrogen (secondary N) is 2. The van der Waals surface area contributed by atoms with Crippen molar-refractivity contribution in [3.8, 4) is 0 Å². The van der Waals surface area contributed by atoms with Gasteiger partial charge in [-0.2, -0.15) is 0 Å². The van der Waals surface area contributed by atoms with Crippen molar-refractivity contribution in [2.24, 2.45) is 0 Å². The van der Waals surface area contributed by atoms with Crippen LogP contribution >= 0.6 is 22.6 Å². The van der Waals surface area contributed by atoms with Crippen LogP contribution in [0.2, 0.25) is 0 Å². The van der Waals surface area contributed by atoms with Crippen LogP contribution in [0.3, 0.4) is 0 Å². The Balaban J connectivity index is 1.49. The molecule has 0 fully saturated rings. The average Bonchev–Trinajstić information content (AvgIpc) is 2.59. The van der Waals surface area contributed by atoms with Gasteiger partial charge in [-0.3, -0.25) is 0 Å². The van der Waals surface area contributed by atoms with E-state index in [4.69, 9.17) is 0 Å². The van der Waals surface area contributed by atoms with Gasteiger partial charge in [0.1, 0.15) is 0 Å². The number of halogens is 1. The maximum Gasteiger partial charge on any atom is 0.0540 e. The van der Waals surface area contributed by atoms with Gasteiger partial charge in [-0.25, -0.2) is 0 Å². The summed E-state index contributed by atoms with van der Waals surface area (Å²) in [5.74, 6) is 0. The summed E-state index contributed by atoms with van der Waals surface area (Å²) in [4.78, 5) is 2.35. The molecule has 0 saturated carbocycles. The van der Waals surface area contributed by atoms with E-state index < -0.39 is 0 Å². The van der Waals surface area contributed by atoms with Gasteiger partial charge in [0.25, 0.3) is 0 Å². The van der Waals surface area contributed by atoms with Gasteiger partial charge in [-0.15, -0.1) is 0 Å². The fourth-order valence-corrected chi connectivity index (χ4v) is 2.81. The van der Waals surface area contributed by atoms with Crippen LogP contribution in [0.25, 0.3) is 0 Å². The molecule has 1 aliphatic rings. The fourth-order valence-electron chi connectivity index (χ4n) is 2.45. The average molecular weight is 417 g/mol. The quantitative estimate of drug-likeness (QED) is 0.554. The lowest BCUT2D eigenvalue weighted by Crippen LogP contribution is -2.22. The number of anilines is 1. The van der Waals surface area contributed by atoms with Crippen molar-refractivity contribution in [1.82, 2.24) is 10.3 Å². The minimum atomic E-state index is 0.971. The van der Waals surface area contributed by atoms with Crippen LogP contribution in [0.1, 0.15) is 12.0 Å². The lowest BCUT2D eigenvalue weighted by Gasteiger charge is -2.24. The van der Waals surface area contributed by atoms with Crippen LogP contribution in [-0.4, -0.2) is 11.4 Å². The highest BCUT2D eigenvalue weighted by molar-refractivity contribution is 14.1. The molecule has 0 aliphatic carbocycles. The molecule has 1 aliphatic heterocycles. The molecule has 4 heteroatoms. The zero-order valence-electron chi connectivity index (χ0n) is 12.9. The van der Waals surface area contributed by atoms with Gasteiger partial charge in [-0.05, 0) is 76.7 Å².